The van der Waals surface area contributed by atoms with Crippen LogP contribution in [0.5, 0.6) is 0 Å². The molecule has 2 rings (SSSR count). The normalized spacial score (nSPS) is 11.0. The van der Waals surface area contributed by atoms with E-state index in [2.05, 4.69) is 10.6 Å². The number of nitrogens with one attached hydrogen (secondary N) is 2. The molecule has 0 fully saturated rings. The highest BCUT2D eigenvalue weighted by atomic mass is 35.5. The lowest BCUT2D eigenvalue weighted by molar-refractivity contribution is -0.147. The van der Waals surface area contributed by atoms with Gasteiger partial charge in [0.05, 0.1) is 22.7 Å². The lowest BCUT2D eigenvalue weighted by atomic mass is 10.1. The van der Waals surface area contributed by atoms with E-state index in [1.54, 1.807) is 6.07 Å². The van der Waals surface area contributed by atoms with Crippen molar-refractivity contribution in [2.45, 2.75) is 32.9 Å². The third kappa shape index (κ3) is 7.60. The Hall–Kier alpha value is -3.07. The second-order valence-corrected chi connectivity index (χ2v) is 7.17. The second-order valence-electron chi connectivity index (χ2n) is 6.77. The van der Waals surface area contributed by atoms with Crippen molar-refractivity contribution in [1.82, 2.24) is 0 Å². The molecule has 0 unspecified atom stereocenters. The van der Waals surface area contributed by atoms with Crippen molar-refractivity contribution in [2.75, 3.05) is 17.2 Å². The molecule has 0 heterocycles. The zero-order valence-electron chi connectivity index (χ0n) is 16.7. The van der Waals surface area contributed by atoms with Crippen LogP contribution in [0.3, 0.4) is 0 Å². The van der Waals surface area contributed by atoms with Gasteiger partial charge in [0.1, 0.15) is 0 Å². The van der Waals surface area contributed by atoms with Gasteiger partial charge in [-0.1, -0.05) is 23.7 Å². The minimum absolute atomic E-state index is 0.0768. The van der Waals surface area contributed by atoms with E-state index in [4.69, 9.17) is 16.3 Å². The fraction of sp³-hybridized carbons (Fsp3) is 0.286. The van der Waals surface area contributed by atoms with Crippen molar-refractivity contribution in [3.05, 3.63) is 58.1 Å². The molecular formula is C21H20ClF3N2O4. The first-order chi connectivity index (χ1) is 14.5. The van der Waals surface area contributed by atoms with Crippen molar-refractivity contribution in [3.63, 3.8) is 0 Å². The zero-order chi connectivity index (χ0) is 23.2. The van der Waals surface area contributed by atoms with Crippen LogP contribution in [0.15, 0.2) is 36.4 Å². The Morgan fingerprint density at radius 3 is 2.29 bits per heavy atom. The van der Waals surface area contributed by atoms with Crippen molar-refractivity contribution in [3.8, 4) is 0 Å². The lowest BCUT2D eigenvalue weighted by Crippen LogP contribution is -2.22. The van der Waals surface area contributed by atoms with Crippen LogP contribution in [0.1, 0.15) is 29.5 Å². The summed E-state index contributed by atoms with van der Waals surface area (Å²) >= 11 is 5.81. The fourth-order valence-corrected chi connectivity index (χ4v) is 2.67. The minimum atomic E-state index is -4.59. The Labute approximate surface area is 181 Å². The molecule has 0 saturated heterocycles. The fourth-order valence-electron chi connectivity index (χ4n) is 2.50. The van der Waals surface area contributed by atoms with Crippen molar-refractivity contribution < 1.29 is 32.3 Å². The molecule has 0 saturated carbocycles. The molecule has 31 heavy (non-hydrogen) atoms. The number of hydrogen-bond acceptors (Lipinski definition) is 4. The van der Waals surface area contributed by atoms with E-state index < -0.39 is 36.1 Å². The van der Waals surface area contributed by atoms with Gasteiger partial charge in [0.2, 0.25) is 5.91 Å². The largest absolute Gasteiger partial charge is 0.456 e. The van der Waals surface area contributed by atoms with E-state index in [9.17, 15) is 27.6 Å². The molecule has 2 aromatic rings. The summed E-state index contributed by atoms with van der Waals surface area (Å²) < 4.78 is 43.1. The monoisotopic (exact) mass is 456 g/mol. The maximum absolute atomic E-state index is 12.8. The molecule has 2 amide bonds. The predicted octanol–water partition coefficient (Wildman–Crippen LogP) is 4.88. The van der Waals surface area contributed by atoms with Gasteiger partial charge in [-0.15, -0.1) is 0 Å². The average Bonchev–Trinajstić information content (AvgIpc) is 2.68. The van der Waals surface area contributed by atoms with Gasteiger partial charge < -0.3 is 15.4 Å². The number of hydrogen-bond donors (Lipinski definition) is 2. The summed E-state index contributed by atoms with van der Waals surface area (Å²) in [5.74, 6) is -2.07. The highest BCUT2D eigenvalue weighted by molar-refractivity contribution is 6.33. The number of ether oxygens (including phenoxy) is 1. The van der Waals surface area contributed by atoms with Gasteiger partial charge in [-0.2, -0.15) is 13.2 Å². The van der Waals surface area contributed by atoms with E-state index in [0.717, 1.165) is 23.3 Å². The Kier molecular flexibility index (Phi) is 8.04. The maximum Gasteiger partial charge on any atom is 0.416 e. The van der Waals surface area contributed by atoms with E-state index in [0.29, 0.717) is 11.8 Å². The maximum atomic E-state index is 12.8. The Bertz CT molecular complexity index is 993. The van der Waals surface area contributed by atoms with Gasteiger partial charge in [-0.3, -0.25) is 14.4 Å². The summed E-state index contributed by atoms with van der Waals surface area (Å²) in [5.41, 5.74) is 1.20. The van der Waals surface area contributed by atoms with Crippen LogP contribution in [0.4, 0.5) is 24.5 Å². The highest BCUT2D eigenvalue weighted by Crippen LogP contribution is 2.33. The molecule has 0 atom stereocenters. The molecule has 0 aromatic heterocycles. The number of benzene rings is 2. The van der Waals surface area contributed by atoms with E-state index in [1.807, 2.05) is 26.0 Å². The number of alkyl halides is 3. The van der Waals surface area contributed by atoms with Crippen LogP contribution in [0.25, 0.3) is 0 Å². The number of halogens is 4. The first kappa shape index (κ1) is 24.2. The Balaban J connectivity index is 1.80. The summed E-state index contributed by atoms with van der Waals surface area (Å²) in [5, 5.41) is 4.78. The van der Waals surface area contributed by atoms with Gasteiger partial charge >= 0.3 is 12.1 Å². The number of esters is 1. The van der Waals surface area contributed by atoms with Crippen molar-refractivity contribution in [2.24, 2.45) is 0 Å². The predicted molar refractivity (Wildman–Crippen MR) is 110 cm³/mol. The molecule has 0 radical (unpaired) electrons. The standard InChI is InChI=1S/C21H20ClF3N2O4/c1-12-3-4-13(2)16(9-12)26-19(29)11-31-20(30)8-7-18(28)27-17-10-14(21(23,24)25)5-6-15(17)22/h3-6,9-10H,7-8,11H2,1-2H3,(H,26,29)(H,27,28). The molecule has 0 aliphatic rings. The SMILES string of the molecule is Cc1ccc(C)c(NC(=O)COC(=O)CCC(=O)Nc2cc(C(F)(F)F)ccc2Cl)c1. The summed E-state index contributed by atoms with van der Waals surface area (Å²) in [4.78, 5) is 35.7. The summed E-state index contributed by atoms with van der Waals surface area (Å²) in [6, 6.07) is 8.02. The lowest BCUT2D eigenvalue weighted by Gasteiger charge is -2.12. The summed E-state index contributed by atoms with van der Waals surface area (Å²) in [7, 11) is 0. The molecule has 166 valence electrons. The number of aryl methyl sites for hydroxylation is 2. The van der Waals surface area contributed by atoms with Gasteiger partial charge in [0, 0.05) is 12.1 Å². The molecule has 0 spiro atoms. The molecule has 2 aromatic carbocycles. The van der Waals surface area contributed by atoms with E-state index in [1.165, 1.54) is 0 Å². The van der Waals surface area contributed by atoms with Crippen LogP contribution in [-0.4, -0.2) is 24.4 Å². The first-order valence-corrected chi connectivity index (χ1v) is 9.53. The van der Waals surface area contributed by atoms with Gasteiger partial charge in [-0.05, 0) is 49.2 Å². The molecule has 0 bridgehead atoms. The molecule has 2 N–H and O–H groups in total. The average molecular weight is 457 g/mol. The summed E-state index contributed by atoms with van der Waals surface area (Å²) in [6.45, 7) is 3.15. The van der Waals surface area contributed by atoms with Crippen LogP contribution < -0.4 is 10.6 Å². The number of carbonyl (C=O) groups excluding carboxylic acids is 3. The Morgan fingerprint density at radius 1 is 0.935 bits per heavy atom. The quantitative estimate of drug-likeness (QED) is 0.582. The van der Waals surface area contributed by atoms with Crippen molar-refractivity contribution >= 4 is 40.8 Å². The van der Waals surface area contributed by atoms with E-state index in [-0.39, 0.29) is 23.6 Å². The third-order valence-corrected chi connectivity index (χ3v) is 4.48. The second kappa shape index (κ2) is 10.3. The molecule has 6 nitrogen and oxygen atoms in total. The number of anilines is 2. The number of carbonyl (C=O) groups is 3. The molecule has 10 heteroatoms. The molecule has 0 aliphatic carbocycles. The van der Waals surface area contributed by atoms with E-state index >= 15 is 0 Å². The number of amides is 2. The smallest absolute Gasteiger partial charge is 0.416 e. The Morgan fingerprint density at radius 2 is 1.61 bits per heavy atom. The zero-order valence-corrected chi connectivity index (χ0v) is 17.5. The molecular weight excluding hydrogens is 437 g/mol. The molecule has 0 aliphatic heterocycles. The highest BCUT2D eigenvalue weighted by Gasteiger charge is 2.31. The van der Waals surface area contributed by atoms with Crippen LogP contribution >= 0.6 is 11.6 Å². The van der Waals surface area contributed by atoms with Crippen LogP contribution in [0, 0.1) is 13.8 Å². The number of rotatable bonds is 7. The summed E-state index contributed by atoms with van der Waals surface area (Å²) in [6.07, 6.45) is -5.31. The van der Waals surface area contributed by atoms with Crippen LogP contribution in [0.2, 0.25) is 5.02 Å². The topological polar surface area (TPSA) is 84.5 Å². The van der Waals surface area contributed by atoms with Gasteiger partial charge in [0.15, 0.2) is 6.61 Å². The van der Waals surface area contributed by atoms with Crippen molar-refractivity contribution in [1.29, 1.82) is 0 Å². The van der Waals surface area contributed by atoms with Gasteiger partial charge in [-0.25, -0.2) is 0 Å². The first-order valence-electron chi connectivity index (χ1n) is 9.15. The van der Waals surface area contributed by atoms with Crippen LogP contribution in [-0.2, 0) is 25.3 Å². The third-order valence-electron chi connectivity index (χ3n) is 4.16. The van der Waals surface area contributed by atoms with Gasteiger partial charge in [0.25, 0.3) is 5.91 Å². The minimum Gasteiger partial charge on any atom is -0.456 e.